The molecule has 3 nitrogen and oxygen atoms in total. The molecule has 0 fully saturated rings. The fourth-order valence-electron chi connectivity index (χ4n) is 1.40. The van der Waals surface area contributed by atoms with Crippen LogP contribution in [0.4, 0.5) is 0 Å². The molecule has 1 heterocycles. The number of benzene rings is 1. The number of nitrogens with zero attached hydrogens (tertiary/aromatic N) is 2. The van der Waals surface area contributed by atoms with Crippen molar-refractivity contribution in [3.05, 3.63) is 48.3 Å². The molecule has 15 heavy (non-hydrogen) atoms. The van der Waals surface area contributed by atoms with E-state index in [1.54, 1.807) is 6.20 Å². The van der Waals surface area contributed by atoms with E-state index in [4.69, 9.17) is 5.73 Å². The summed E-state index contributed by atoms with van der Waals surface area (Å²) in [7, 11) is 0. The van der Waals surface area contributed by atoms with Crippen LogP contribution in [-0.4, -0.2) is 16.3 Å². The minimum Gasteiger partial charge on any atom is -0.330 e. The lowest BCUT2D eigenvalue weighted by molar-refractivity contribution is 0.877. The van der Waals surface area contributed by atoms with E-state index in [9.17, 15) is 0 Å². The van der Waals surface area contributed by atoms with Gasteiger partial charge in [-0.1, -0.05) is 12.1 Å². The Labute approximate surface area is 95.3 Å². The second kappa shape index (κ2) is 5.53. The van der Waals surface area contributed by atoms with Crippen molar-refractivity contribution in [3.8, 4) is 5.69 Å². The molecule has 0 atom stereocenters. The first-order valence-corrected chi connectivity index (χ1v) is 4.69. The van der Waals surface area contributed by atoms with Crippen LogP contribution in [0.1, 0.15) is 5.56 Å². The monoisotopic (exact) mass is 223 g/mol. The van der Waals surface area contributed by atoms with E-state index in [2.05, 4.69) is 29.4 Å². The van der Waals surface area contributed by atoms with E-state index in [-0.39, 0.29) is 12.4 Å². The molecule has 2 N–H and O–H groups in total. The summed E-state index contributed by atoms with van der Waals surface area (Å²) in [5.74, 6) is 0. The van der Waals surface area contributed by atoms with Gasteiger partial charge in [-0.2, -0.15) is 5.10 Å². The highest BCUT2D eigenvalue weighted by molar-refractivity contribution is 5.85. The summed E-state index contributed by atoms with van der Waals surface area (Å²) in [6.45, 7) is 0.696. The van der Waals surface area contributed by atoms with Crippen molar-refractivity contribution in [2.24, 2.45) is 5.73 Å². The zero-order valence-corrected chi connectivity index (χ0v) is 9.15. The van der Waals surface area contributed by atoms with Gasteiger partial charge in [-0.05, 0) is 36.7 Å². The molecule has 0 aliphatic heterocycles. The number of hydrogen-bond donors (Lipinski definition) is 1. The Hall–Kier alpha value is -1.32. The molecule has 80 valence electrons. The van der Waals surface area contributed by atoms with Gasteiger partial charge in [0.05, 0.1) is 5.69 Å². The van der Waals surface area contributed by atoms with Crippen LogP contribution in [-0.2, 0) is 6.42 Å². The summed E-state index contributed by atoms with van der Waals surface area (Å²) in [6.07, 6.45) is 4.63. The van der Waals surface area contributed by atoms with E-state index in [0.29, 0.717) is 6.54 Å². The Morgan fingerprint density at radius 2 is 1.93 bits per heavy atom. The van der Waals surface area contributed by atoms with Crippen molar-refractivity contribution in [2.45, 2.75) is 6.42 Å². The molecule has 0 bridgehead atoms. The van der Waals surface area contributed by atoms with Crippen molar-refractivity contribution in [2.75, 3.05) is 6.54 Å². The lowest BCUT2D eigenvalue weighted by atomic mass is 10.1. The highest BCUT2D eigenvalue weighted by atomic mass is 35.5. The van der Waals surface area contributed by atoms with Gasteiger partial charge in [0.15, 0.2) is 0 Å². The van der Waals surface area contributed by atoms with Crippen LogP contribution in [0.2, 0.25) is 0 Å². The summed E-state index contributed by atoms with van der Waals surface area (Å²) in [4.78, 5) is 0. The van der Waals surface area contributed by atoms with Crippen LogP contribution in [0.3, 0.4) is 0 Å². The largest absolute Gasteiger partial charge is 0.330 e. The first-order chi connectivity index (χ1) is 6.90. The zero-order chi connectivity index (χ0) is 9.80. The molecule has 0 amide bonds. The Balaban J connectivity index is 0.00000112. The van der Waals surface area contributed by atoms with Crippen LogP contribution >= 0.6 is 12.4 Å². The lowest BCUT2D eigenvalue weighted by Crippen LogP contribution is -2.02. The SMILES string of the molecule is Cl.NCCc1ccc(-n2cccn2)cc1. The van der Waals surface area contributed by atoms with Crippen molar-refractivity contribution in [1.29, 1.82) is 0 Å². The third-order valence-corrected chi connectivity index (χ3v) is 2.14. The Morgan fingerprint density at radius 3 is 2.47 bits per heavy atom. The summed E-state index contributed by atoms with van der Waals surface area (Å²) >= 11 is 0. The van der Waals surface area contributed by atoms with Crippen LogP contribution < -0.4 is 5.73 Å². The van der Waals surface area contributed by atoms with Gasteiger partial charge in [-0.15, -0.1) is 12.4 Å². The van der Waals surface area contributed by atoms with Gasteiger partial charge in [-0.25, -0.2) is 4.68 Å². The van der Waals surface area contributed by atoms with E-state index >= 15 is 0 Å². The second-order valence-corrected chi connectivity index (χ2v) is 3.16. The molecule has 1 aromatic heterocycles. The van der Waals surface area contributed by atoms with Gasteiger partial charge >= 0.3 is 0 Å². The van der Waals surface area contributed by atoms with Gasteiger partial charge in [0.25, 0.3) is 0 Å². The molecule has 2 rings (SSSR count). The third-order valence-electron chi connectivity index (χ3n) is 2.14. The van der Waals surface area contributed by atoms with E-state index in [1.165, 1.54) is 5.56 Å². The van der Waals surface area contributed by atoms with Crippen LogP contribution in [0.25, 0.3) is 5.69 Å². The first kappa shape index (κ1) is 11.8. The summed E-state index contributed by atoms with van der Waals surface area (Å²) in [6, 6.07) is 10.2. The summed E-state index contributed by atoms with van der Waals surface area (Å²) in [5, 5.41) is 4.15. The number of nitrogens with two attached hydrogens (primary N) is 1. The molecule has 0 spiro atoms. The highest BCUT2D eigenvalue weighted by Gasteiger charge is 1.95. The van der Waals surface area contributed by atoms with Crippen molar-refractivity contribution in [1.82, 2.24) is 9.78 Å². The molecule has 0 unspecified atom stereocenters. The van der Waals surface area contributed by atoms with Gasteiger partial charge < -0.3 is 5.73 Å². The third kappa shape index (κ3) is 2.81. The molecule has 0 saturated carbocycles. The molecule has 2 aromatic rings. The second-order valence-electron chi connectivity index (χ2n) is 3.16. The zero-order valence-electron chi connectivity index (χ0n) is 8.34. The number of hydrogen-bond acceptors (Lipinski definition) is 2. The molecule has 0 saturated heterocycles. The van der Waals surface area contributed by atoms with E-state index in [0.717, 1.165) is 12.1 Å². The predicted octanol–water partition coefficient (Wildman–Crippen LogP) is 1.80. The molecule has 0 radical (unpaired) electrons. The highest BCUT2D eigenvalue weighted by Crippen LogP contribution is 2.08. The summed E-state index contributed by atoms with van der Waals surface area (Å²) < 4.78 is 1.84. The van der Waals surface area contributed by atoms with Gasteiger partial charge in [0.1, 0.15) is 0 Å². The van der Waals surface area contributed by atoms with Gasteiger partial charge in [-0.3, -0.25) is 0 Å². The quantitative estimate of drug-likeness (QED) is 0.863. The maximum atomic E-state index is 5.48. The molecule has 4 heteroatoms. The smallest absolute Gasteiger partial charge is 0.0645 e. The molecule has 0 aliphatic rings. The molecular weight excluding hydrogens is 210 g/mol. The average molecular weight is 224 g/mol. The predicted molar refractivity (Wildman–Crippen MR) is 63.6 cm³/mol. The fraction of sp³-hybridized carbons (Fsp3) is 0.182. The molecule has 0 aliphatic carbocycles. The number of halogens is 1. The van der Waals surface area contributed by atoms with Crippen molar-refractivity contribution < 1.29 is 0 Å². The number of rotatable bonds is 3. The molecule has 1 aromatic carbocycles. The van der Waals surface area contributed by atoms with Crippen LogP contribution in [0, 0.1) is 0 Å². The van der Waals surface area contributed by atoms with Gasteiger partial charge in [0.2, 0.25) is 0 Å². The minimum absolute atomic E-state index is 0. The minimum atomic E-state index is 0. The maximum absolute atomic E-state index is 5.48. The topological polar surface area (TPSA) is 43.8 Å². The summed E-state index contributed by atoms with van der Waals surface area (Å²) in [5.41, 5.74) is 7.82. The standard InChI is InChI=1S/C11H13N3.ClH/c12-7-6-10-2-4-11(5-3-10)14-9-1-8-13-14;/h1-5,8-9H,6-7,12H2;1H. The van der Waals surface area contributed by atoms with Crippen LogP contribution in [0.15, 0.2) is 42.7 Å². The van der Waals surface area contributed by atoms with Gasteiger partial charge in [0, 0.05) is 12.4 Å². The van der Waals surface area contributed by atoms with E-state index < -0.39 is 0 Å². The lowest BCUT2D eigenvalue weighted by Gasteiger charge is -2.02. The normalized spacial score (nSPS) is 9.67. The molecular formula is C11H14ClN3. The van der Waals surface area contributed by atoms with E-state index in [1.807, 2.05) is 16.9 Å². The number of aromatic nitrogens is 2. The van der Waals surface area contributed by atoms with Crippen LogP contribution in [0.5, 0.6) is 0 Å². The first-order valence-electron chi connectivity index (χ1n) is 4.69. The Morgan fingerprint density at radius 1 is 1.20 bits per heavy atom. The maximum Gasteiger partial charge on any atom is 0.0645 e. The average Bonchev–Trinajstić information content (AvgIpc) is 2.72. The van der Waals surface area contributed by atoms with Crippen molar-refractivity contribution in [3.63, 3.8) is 0 Å². The fourth-order valence-corrected chi connectivity index (χ4v) is 1.40. The Bertz CT molecular complexity index is 381. The van der Waals surface area contributed by atoms with Crippen molar-refractivity contribution >= 4 is 12.4 Å². The Kier molecular flexibility index (Phi) is 4.34.